The van der Waals surface area contributed by atoms with Gasteiger partial charge in [-0.2, -0.15) is 0 Å². The van der Waals surface area contributed by atoms with E-state index in [-0.39, 0.29) is 17.6 Å². The van der Waals surface area contributed by atoms with Crippen LogP contribution in [0.25, 0.3) is 0 Å². The highest BCUT2D eigenvalue weighted by Crippen LogP contribution is 2.29. The highest BCUT2D eigenvalue weighted by Gasteiger charge is 2.24. The van der Waals surface area contributed by atoms with E-state index >= 15 is 0 Å². The largest absolute Gasteiger partial charge is 0.495 e. The van der Waals surface area contributed by atoms with E-state index < -0.39 is 0 Å². The molecule has 2 heteroatoms. The molecule has 0 spiro atoms. The lowest BCUT2D eigenvalue weighted by Crippen LogP contribution is -2.26. The lowest BCUT2D eigenvalue weighted by Gasteiger charge is -2.31. The lowest BCUT2D eigenvalue weighted by molar-refractivity contribution is 0.0144. The molecule has 0 bridgehead atoms. The summed E-state index contributed by atoms with van der Waals surface area (Å²) in [5, 5.41) is 9.34. The first-order valence-corrected chi connectivity index (χ1v) is 5.43. The summed E-state index contributed by atoms with van der Waals surface area (Å²) in [6.45, 7) is 10.3. The minimum absolute atomic E-state index is 0.0239. The topological polar surface area (TPSA) is 29.5 Å². The van der Waals surface area contributed by atoms with E-state index in [1.165, 1.54) is 0 Å². The summed E-state index contributed by atoms with van der Waals surface area (Å²) in [6, 6.07) is 0. The normalized spacial score (nSPS) is 28.6. The Morgan fingerprint density at radius 3 is 2.14 bits per heavy atom. The molecule has 0 aromatic heterocycles. The van der Waals surface area contributed by atoms with Crippen molar-refractivity contribution in [3.63, 3.8) is 0 Å². The van der Waals surface area contributed by atoms with Crippen molar-refractivity contribution in [2.24, 2.45) is 5.41 Å². The van der Waals surface area contributed by atoms with E-state index in [0.717, 1.165) is 31.4 Å². The molecule has 0 aromatic rings. The summed E-state index contributed by atoms with van der Waals surface area (Å²) in [5.74, 6) is 0.860. The summed E-state index contributed by atoms with van der Waals surface area (Å²) in [4.78, 5) is 0. The maximum atomic E-state index is 9.34. The molecule has 0 unspecified atom stereocenters. The number of allylic oxidation sites excluding steroid dienone is 1. The Hall–Kier alpha value is -0.500. The molecule has 82 valence electrons. The van der Waals surface area contributed by atoms with Crippen molar-refractivity contribution in [2.45, 2.75) is 58.7 Å². The summed E-state index contributed by atoms with van der Waals surface area (Å²) in [6.07, 6.45) is 3.79. The zero-order valence-corrected chi connectivity index (χ0v) is 9.55. The Balaban J connectivity index is 2.35. The zero-order chi connectivity index (χ0) is 10.8. The zero-order valence-electron chi connectivity index (χ0n) is 9.55. The van der Waals surface area contributed by atoms with Gasteiger partial charge in [-0.1, -0.05) is 27.4 Å². The van der Waals surface area contributed by atoms with Crippen molar-refractivity contribution >= 4 is 0 Å². The van der Waals surface area contributed by atoms with Crippen LogP contribution in [0.2, 0.25) is 0 Å². The molecule has 2 nitrogen and oxygen atoms in total. The van der Waals surface area contributed by atoms with E-state index in [4.69, 9.17) is 4.74 Å². The summed E-state index contributed by atoms with van der Waals surface area (Å²) >= 11 is 0. The second-order valence-corrected chi connectivity index (χ2v) is 5.22. The van der Waals surface area contributed by atoms with Crippen LogP contribution < -0.4 is 0 Å². The number of hydrogen-bond donors (Lipinski definition) is 1. The Bertz CT molecular complexity index is 195. The van der Waals surface area contributed by atoms with Gasteiger partial charge in [-0.05, 0) is 25.7 Å². The Morgan fingerprint density at radius 2 is 1.71 bits per heavy atom. The predicted molar refractivity (Wildman–Crippen MR) is 57.9 cm³/mol. The maximum Gasteiger partial charge on any atom is 0.0984 e. The van der Waals surface area contributed by atoms with E-state index in [9.17, 15) is 5.11 Å². The Labute approximate surface area is 87.0 Å². The predicted octanol–water partition coefficient (Wildman–Crippen LogP) is 2.87. The molecule has 1 saturated carbocycles. The second-order valence-electron chi connectivity index (χ2n) is 5.22. The van der Waals surface area contributed by atoms with E-state index in [1.807, 2.05) is 0 Å². The molecule has 1 N–H and O–H groups in total. The van der Waals surface area contributed by atoms with Crippen molar-refractivity contribution in [1.29, 1.82) is 0 Å². The molecule has 0 radical (unpaired) electrons. The monoisotopic (exact) mass is 198 g/mol. The number of hydrogen-bond acceptors (Lipinski definition) is 2. The molecular weight excluding hydrogens is 176 g/mol. The first-order valence-electron chi connectivity index (χ1n) is 5.43. The Kier molecular flexibility index (Phi) is 3.59. The molecule has 1 aliphatic rings. The van der Waals surface area contributed by atoms with Crippen LogP contribution in [0, 0.1) is 5.41 Å². The van der Waals surface area contributed by atoms with Gasteiger partial charge in [-0.3, -0.25) is 0 Å². The molecular formula is C12H22O2. The minimum Gasteiger partial charge on any atom is -0.495 e. The molecule has 1 fully saturated rings. The average Bonchev–Trinajstić information content (AvgIpc) is 2.07. The third kappa shape index (κ3) is 3.33. The summed E-state index contributed by atoms with van der Waals surface area (Å²) < 4.78 is 5.80. The fraction of sp³-hybridized carbons (Fsp3) is 0.833. The van der Waals surface area contributed by atoms with Gasteiger partial charge in [0, 0.05) is 5.41 Å². The molecule has 0 amide bonds. The molecule has 14 heavy (non-hydrogen) atoms. The van der Waals surface area contributed by atoms with Gasteiger partial charge in [0.25, 0.3) is 0 Å². The maximum absolute atomic E-state index is 9.34. The van der Waals surface area contributed by atoms with Crippen LogP contribution in [-0.2, 0) is 4.74 Å². The van der Waals surface area contributed by atoms with Crippen LogP contribution in [0.3, 0.4) is 0 Å². The highest BCUT2D eigenvalue weighted by atomic mass is 16.5. The smallest absolute Gasteiger partial charge is 0.0984 e. The van der Waals surface area contributed by atoms with Crippen molar-refractivity contribution in [3.8, 4) is 0 Å². The third-order valence-electron chi connectivity index (χ3n) is 2.79. The van der Waals surface area contributed by atoms with Crippen LogP contribution >= 0.6 is 0 Å². The fourth-order valence-electron chi connectivity index (χ4n) is 1.54. The van der Waals surface area contributed by atoms with Gasteiger partial charge in [0.1, 0.15) is 0 Å². The molecule has 1 aliphatic carbocycles. The number of rotatable bonds is 2. The van der Waals surface area contributed by atoms with Crippen LogP contribution in [0.5, 0.6) is 0 Å². The number of ether oxygens (including phenoxy) is 1. The van der Waals surface area contributed by atoms with Crippen LogP contribution in [0.4, 0.5) is 0 Å². The Morgan fingerprint density at radius 1 is 1.21 bits per heavy atom. The van der Waals surface area contributed by atoms with E-state index in [2.05, 4.69) is 27.4 Å². The molecule has 0 saturated heterocycles. The van der Waals surface area contributed by atoms with Gasteiger partial charge < -0.3 is 9.84 Å². The molecule has 0 aliphatic heterocycles. The highest BCUT2D eigenvalue weighted by molar-refractivity contribution is 4.97. The number of aliphatic hydroxyl groups excluding tert-OH is 1. The summed E-state index contributed by atoms with van der Waals surface area (Å²) in [5.41, 5.74) is 0.0239. The first-order chi connectivity index (χ1) is 6.39. The molecule has 0 atom stereocenters. The van der Waals surface area contributed by atoms with E-state index in [1.54, 1.807) is 0 Å². The van der Waals surface area contributed by atoms with Gasteiger partial charge in [-0.25, -0.2) is 0 Å². The van der Waals surface area contributed by atoms with E-state index in [0.29, 0.717) is 0 Å². The van der Waals surface area contributed by atoms with Gasteiger partial charge in [0.05, 0.1) is 18.0 Å². The van der Waals surface area contributed by atoms with Crippen LogP contribution in [0.15, 0.2) is 12.3 Å². The molecule has 1 rings (SSSR count). The SMILES string of the molecule is C=C(OC1CCC(O)CC1)C(C)(C)C. The quantitative estimate of drug-likeness (QED) is 0.691. The average molecular weight is 198 g/mol. The van der Waals surface area contributed by atoms with Gasteiger partial charge >= 0.3 is 0 Å². The number of aliphatic hydroxyl groups is 1. The standard InChI is InChI=1S/C12H22O2/c1-9(12(2,3)4)14-11-7-5-10(13)6-8-11/h10-11,13H,1,5-8H2,2-4H3. The fourth-order valence-corrected chi connectivity index (χ4v) is 1.54. The van der Waals surface area contributed by atoms with Crippen molar-refractivity contribution in [2.75, 3.05) is 0 Å². The van der Waals surface area contributed by atoms with Gasteiger partial charge in [-0.15, -0.1) is 0 Å². The molecule has 0 heterocycles. The third-order valence-corrected chi connectivity index (χ3v) is 2.79. The van der Waals surface area contributed by atoms with Gasteiger partial charge in [0.15, 0.2) is 0 Å². The van der Waals surface area contributed by atoms with Crippen LogP contribution in [-0.4, -0.2) is 17.3 Å². The van der Waals surface area contributed by atoms with Crippen LogP contribution in [0.1, 0.15) is 46.5 Å². The lowest BCUT2D eigenvalue weighted by atomic mass is 9.92. The van der Waals surface area contributed by atoms with Crippen molar-refractivity contribution in [3.05, 3.63) is 12.3 Å². The van der Waals surface area contributed by atoms with Crippen molar-refractivity contribution in [1.82, 2.24) is 0 Å². The van der Waals surface area contributed by atoms with Crippen molar-refractivity contribution < 1.29 is 9.84 Å². The second kappa shape index (κ2) is 4.35. The molecule has 0 aromatic carbocycles. The summed E-state index contributed by atoms with van der Waals surface area (Å²) in [7, 11) is 0. The minimum atomic E-state index is -0.113. The first kappa shape index (κ1) is 11.6. The van der Waals surface area contributed by atoms with Gasteiger partial charge in [0.2, 0.25) is 0 Å².